The number of ether oxygens (including phenoxy) is 1. The van der Waals surface area contributed by atoms with E-state index in [1.165, 1.54) is 7.11 Å². The fourth-order valence-corrected chi connectivity index (χ4v) is 2.59. The van der Waals surface area contributed by atoms with Crippen LogP contribution in [0.2, 0.25) is 10.0 Å². The Labute approximate surface area is 162 Å². The van der Waals surface area contributed by atoms with Crippen molar-refractivity contribution in [1.82, 2.24) is 0 Å². The quantitative estimate of drug-likeness (QED) is 0.707. The number of carbonyl (C=O) groups excluding carboxylic acids is 2. The van der Waals surface area contributed by atoms with Gasteiger partial charge in [0.15, 0.2) is 0 Å². The van der Waals surface area contributed by atoms with Crippen LogP contribution in [0, 0.1) is 12.3 Å². The van der Waals surface area contributed by atoms with Crippen molar-refractivity contribution >= 4 is 46.4 Å². The van der Waals surface area contributed by atoms with E-state index in [-0.39, 0.29) is 0 Å². The average molecular weight is 395 g/mol. The SMILES string of the molecule is COc1ccc(NC(=O)C(C)(C)C(=O)Nc2cccc(Cl)c2C)cc1Cl. The standard InChI is InChI=1S/C19H20Cl2N2O3/c1-11-13(20)6-5-7-15(11)23-18(25)19(2,3)17(24)22-12-8-9-16(26-4)14(21)10-12/h5-10H,1-4H3,(H,22,24)(H,23,25). The summed E-state index contributed by atoms with van der Waals surface area (Å²) in [6, 6.07) is 10.1. The summed E-state index contributed by atoms with van der Waals surface area (Å²) in [7, 11) is 1.50. The molecule has 0 spiro atoms. The van der Waals surface area contributed by atoms with Crippen LogP contribution in [-0.4, -0.2) is 18.9 Å². The second-order valence-corrected chi connectivity index (χ2v) is 7.11. The van der Waals surface area contributed by atoms with E-state index in [2.05, 4.69) is 10.6 Å². The van der Waals surface area contributed by atoms with Crippen LogP contribution >= 0.6 is 23.2 Å². The minimum atomic E-state index is -1.32. The van der Waals surface area contributed by atoms with Gasteiger partial charge in [-0.15, -0.1) is 0 Å². The molecule has 5 nitrogen and oxygen atoms in total. The summed E-state index contributed by atoms with van der Waals surface area (Å²) in [6.45, 7) is 4.88. The van der Waals surface area contributed by atoms with Crippen LogP contribution in [0.4, 0.5) is 11.4 Å². The highest BCUT2D eigenvalue weighted by Crippen LogP contribution is 2.29. The van der Waals surface area contributed by atoms with E-state index in [4.69, 9.17) is 27.9 Å². The summed E-state index contributed by atoms with van der Waals surface area (Å²) in [5.74, 6) is -0.408. The lowest BCUT2D eigenvalue weighted by atomic mass is 9.90. The zero-order valence-electron chi connectivity index (χ0n) is 14.9. The van der Waals surface area contributed by atoms with Gasteiger partial charge in [-0.2, -0.15) is 0 Å². The molecule has 0 unspecified atom stereocenters. The number of hydrogen-bond acceptors (Lipinski definition) is 3. The lowest BCUT2D eigenvalue weighted by molar-refractivity contribution is -0.135. The first-order valence-corrected chi connectivity index (χ1v) is 8.64. The number of methoxy groups -OCH3 is 1. The van der Waals surface area contributed by atoms with Crippen molar-refractivity contribution in [2.24, 2.45) is 5.41 Å². The molecule has 0 bridgehead atoms. The van der Waals surface area contributed by atoms with Gasteiger partial charge in [-0.25, -0.2) is 0 Å². The highest BCUT2D eigenvalue weighted by molar-refractivity contribution is 6.32. The van der Waals surface area contributed by atoms with Crippen LogP contribution in [0.5, 0.6) is 5.75 Å². The van der Waals surface area contributed by atoms with E-state index in [1.807, 2.05) is 0 Å². The van der Waals surface area contributed by atoms with Crippen molar-refractivity contribution in [2.45, 2.75) is 20.8 Å². The summed E-state index contributed by atoms with van der Waals surface area (Å²) in [5, 5.41) is 6.36. The van der Waals surface area contributed by atoms with Gasteiger partial charge in [-0.05, 0) is 56.7 Å². The third-order valence-corrected chi connectivity index (χ3v) is 4.77. The van der Waals surface area contributed by atoms with Gasteiger partial charge in [0.25, 0.3) is 0 Å². The molecule has 7 heteroatoms. The third-order valence-electron chi connectivity index (χ3n) is 4.06. The van der Waals surface area contributed by atoms with E-state index in [9.17, 15) is 9.59 Å². The van der Waals surface area contributed by atoms with Crippen LogP contribution in [0.15, 0.2) is 36.4 Å². The second kappa shape index (κ2) is 7.98. The number of benzene rings is 2. The zero-order chi connectivity index (χ0) is 19.5. The lowest BCUT2D eigenvalue weighted by Gasteiger charge is -2.23. The molecule has 26 heavy (non-hydrogen) atoms. The maximum atomic E-state index is 12.6. The molecule has 0 aromatic heterocycles. The van der Waals surface area contributed by atoms with Gasteiger partial charge in [0, 0.05) is 16.4 Å². The summed E-state index contributed by atoms with van der Waals surface area (Å²) < 4.78 is 5.08. The molecule has 2 N–H and O–H groups in total. The van der Waals surface area contributed by atoms with Gasteiger partial charge in [-0.1, -0.05) is 29.3 Å². The molecule has 0 aliphatic heterocycles. The van der Waals surface area contributed by atoms with Gasteiger partial charge in [0.1, 0.15) is 11.2 Å². The second-order valence-electron chi connectivity index (χ2n) is 6.29. The molecule has 0 saturated heterocycles. The lowest BCUT2D eigenvalue weighted by Crippen LogP contribution is -2.41. The van der Waals surface area contributed by atoms with Crippen molar-refractivity contribution in [3.05, 3.63) is 52.0 Å². The Balaban J connectivity index is 2.14. The number of carbonyl (C=O) groups is 2. The van der Waals surface area contributed by atoms with Gasteiger partial charge >= 0.3 is 0 Å². The number of halogens is 2. The Kier molecular flexibility index (Phi) is 6.16. The molecule has 2 aromatic rings. The largest absolute Gasteiger partial charge is 0.495 e. The Morgan fingerprint density at radius 2 is 1.65 bits per heavy atom. The summed E-state index contributed by atoms with van der Waals surface area (Å²) in [4.78, 5) is 25.2. The maximum Gasteiger partial charge on any atom is 0.239 e. The molecule has 138 valence electrons. The molecule has 2 aromatic carbocycles. The molecule has 2 amide bonds. The molecular weight excluding hydrogens is 375 g/mol. The van der Waals surface area contributed by atoms with Crippen molar-refractivity contribution in [2.75, 3.05) is 17.7 Å². The summed E-state index contributed by atoms with van der Waals surface area (Å²) >= 11 is 12.1. The minimum absolute atomic E-state index is 0.363. The molecule has 0 radical (unpaired) electrons. The number of nitrogens with one attached hydrogen (secondary N) is 2. The molecule has 0 fully saturated rings. The van der Waals surface area contributed by atoms with Gasteiger partial charge in [0.2, 0.25) is 11.8 Å². The summed E-state index contributed by atoms with van der Waals surface area (Å²) in [6.07, 6.45) is 0. The van der Waals surface area contributed by atoms with Crippen LogP contribution in [0.3, 0.4) is 0 Å². The number of rotatable bonds is 5. The smallest absolute Gasteiger partial charge is 0.239 e. The van der Waals surface area contributed by atoms with Crippen LogP contribution in [0.25, 0.3) is 0 Å². The van der Waals surface area contributed by atoms with Crippen LogP contribution in [-0.2, 0) is 9.59 Å². The highest BCUT2D eigenvalue weighted by Gasteiger charge is 2.36. The Morgan fingerprint density at radius 3 is 2.27 bits per heavy atom. The van der Waals surface area contributed by atoms with Gasteiger partial charge in [0.05, 0.1) is 12.1 Å². The fraction of sp³-hybridized carbons (Fsp3) is 0.263. The molecule has 0 aliphatic carbocycles. The normalized spacial score (nSPS) is 11.0. The third kappa shape index (κ3) is 4.29. The van der Waals surface area contributed by atoms with Crippen molar-refractivity contribution in [3.8, 4) is 5.75 Å². The number of amides is 2. The summed E-state index contributed by atoms with van der Waals surface area (Å²) in [5.41, 5.74) is 0.457. The van der Waals surface area contributed by atoms with E-state index in [0.717, 1.165) is 5.56 Å². The Hall–Kier alpha value is -2.24. The minimum Gasteiger partial charge on any atom is -0.495 e. The van der Waals surface area contributed by atoms with Crippen LogP contribution in [0.1, 0.15) is 19.4 Å². The predicted molar refractivity (Wildman–Crippen MR) is 105 cm³/mol. The monoisotopic (exact) mass is 394 g/mol. The molecule has 0 aliphatic rings. The van der Waals surface area contributed by atoms with Gasteiger partial charge in [-0.3, -0.25) is 9.59 Å². The van der Waals surface area contributed by atoms with E-state index in [1.54, 1.807) is 57.2 Å². The van der Waals surface area contributed by atoms with E-state index in [0.29, 0.717) is 27.2 Å². The maximum absolute atomic E-state index is 12.6. The predicted octanol–water partition coefficient (Wildman–Crippen LogP) is 4.91. The Bertz CT molecular complexity index is 851. The van der Waals surface area contributed by atoms with Crippen molar-refractivity contribution in [3.63, 3.8) is 0 Å². The number of hydrogen-bond donors (Lipinski definition) is 2. The molecule has 2 rings (SSSR count). The fourth-order valence-electron chi connectivity index (χ4n) is 2.16. The first kappa shape index (κ1) is 20.1. The molecule has 0 saturated carbocycles. The first-order valence-electron chi connectivity index (χ1n) is 7.88. The van der Waals surface area contributed by atoms with Gasteiger partial charge < -0.3 is 15.4 Å². The highest BCUT2D eigenvalue weighted by atomic mass is 35.5. The van der Waals surface area contributed by atoms with Crippen molar-refractivity contribution < 1.29 is 14.3 Å². The first-order chi connectivity index (χ1) is 12.2. The van der Waals surface area contributed by atoms with Crippen molar-refractivity contribution in [1.29, 1.82) is 0 Å². The molecule has 0 heterocycles. The van der Waals surface area contributed by atoms with E-state index >= 15 is 0 Å². The topological polar surface area (TPSA) is 67.4 Å². The molecule has 0 atom stereocenters. The molecular formula is C19H20Cl2N2O3. The van der Waals surface area contributed by atoms with E-state index < -0.39 is 17.2 Å². The average Bonchev–Trinajstić information content (AvgIpc) is 2.59. The zero-order valence-corrected chi connectivity index (χ0v) is 16.5. The number of anilines is 2. The Morgan fingerprint density at radius 1 is 1.00 bits per heavy atom. The van der Waals surface area contributed by atoms with Crippen LogP contribution < -0.4 is 15.4 Å².